The van der Waals surface area contributed by atoms with Crippen molar-refractivity contribution >= 4 is 60.6 Å². The summed E-state index contributed by atoms with van der Waals surface area (Å²) in [5.41, 5.74) is 0. The van der Waals surface area contributed by atoms with Gasteiger partial charge in [0.2, 0.25) is 5.78 Å². The monoisotopic (exact) mass is 304 g/mol. The van der Waals surface area contributed by atoms with E-state index in [4.69, 9.17) is 0 Å². The molecule has 0 aliphatic rings. The molecule has 1 aromatic carbocycles. The third-order valence-corrected chi connectivity index (χ3v) is 1.24. The van der Waals surface area contributed by atoms with Crippen LogP contribution < -0.4 is 4.74 Å². The molecule has 0 aliphatic carbocycles. The minimum atomic E-state index is -0.832. The van der Waals surface area contributed by atoms with E-state index >= 15 is 0 Å². The van der Waals surface area contributed by atoms with Gasteiger partial charge in [0.1, 0.15) is 5.75 Å². The molecule has 0 aliphatic heterocycles. The maximum atomic E-state index is 10.7. The van der Waals surface area contributed by atoms with Gasteiger partial charge in [0.05, 0.1) is 0 Å². The second kappa shape index (κ2) is 6.40. The molecule has 0 amide bonds. The molecule has 66 valence electrons. The first kappa shape index (κ1) is 12.9. The molecule has 0 N–H and O–H groups in total. The topological polar surface area (TPSA) is 43.4 Å². The summed E-state index contributed by atoms with van der Waals surface area (Å²) in [6.07, 6.45) is 0. The first-order chi connectivity index (χ1) is 5.70. The molecular weight excluding hydrogens is 293 g/mol. The molecule has 0 saturated carbocycles. The van der Waals surface area contributed by atoms with Crippen molar-refractivity contribution in [3.63, 3.8) is 0 Å². The summed E-state index contributed by atoms with van der Waals surface area (Å²) in [4.78, 5) is 21.2. The molecule has 0 fully saturated rings. The van der Waals surface area contributed by atoms with Crippen LogP contribution in [0, 0.1) is 0 Å². The Balaban J connectivity index is 0.00000144. The van der Waals surface area contributed by atoms with Crippen molar-refractivity contribution in [2.24, 2.45) is 0 Å². The molecule has 3 nitrogen and oxygen atoms in total. The third kappa shape index (κ3) is 4.64. The normalized spacial score (nSPS) is 8.38. The summed E-state index contributed by atoms with van der Waals surface area (Å²) in [7, 11) is 0. The fourth-order valence-electron chi connectivity index (χ4n) is 0.667. The Hall–Kier alpha value is -0.0686. The summed E-state index contributed by atoms with van der Waals surface area (Å²) in [6.45, 7) is 1.17. The maximum absolute atomic E-state index is 10.7. The Bertz CT molecular complexity index is 295. The molecule has 1 aromatic rings. The predicted molar refractivity (Wildman–Crippen MR) is 51.3 cm³/mol. The van der Waals surface area contributed by atoms with Gasteiger partial charge in [-0.05, 0) is 12.1 Å². The zero-order valence-corrected chi connectivity index (χ0v) is 6.61. The number of Topliss-reactive ketones (excluding diaryl/α,β-unsaturated/α-hetero) is 1. The van der Waals surface area contributed by atoms with Crippen LogP contribution in [0.1, 0.15) is 6.92 Å². The summed E-state index contributed by atoms with van der Waals surface area (Å²) < 4.78 is 4.69. The Kier molecular flexibility index (Phi) is 6.36. The SMILES string of the molecule is CC(=O)C(=O)Oc1ccccc1.[BaH2]. The van der Waals surface area contributed by atoms with Crippen molar-refractivity contribution in [3.05, 3.63) is 30.3 Å². The van der Waals surface area contributed by atoms with Crippen LogP contribution in [0.4, 0.5) is 0 Å². The zero-order chi connectivity index (χ0) is 8.97. The number of esters is 1. The van der Waals surface area contributed by atoms with Crippen LogP contribution in [0.15, 0.2) is 30.3 Å². The van der Waals surface area contributed by atoms with Crippen LogP contribution in [0.2, 0.25) is 0 Å². The number of benzene rings is 1. The van der Waals surface area contributed by atoms with Crippen LogP contribution in [-0.2, 0) is 9.59 Å². The van der Waals surface area contributed by atoms with Crippen molar-refractivity contribution in [1.29, 1.82) is 0 Å². The number of carbonyl (C=O) groups is 2. The molecule has 0 unspecified atom stereocenters. The molecule has 0 atom stereocenters. The molecular formula is C9H10BaO3. The van der Waals surface area contributed by atoms with Crippen molar-refractivity contribution in [2.45, 2.75) is 6.92 Å². The van der Waals surface area contributed by atoms with Gasteiger partial charge in [-0.2, -0.15) is 0 Å². The summed E-state index contributed by atoms with van der Waals surface area (Å²) >= 11 is 0. The van der Waals surface area contributed by atoms with E-state index in [2.05, 4.69) is 4.74 Å². The van der Waals surface area contributed by atoms with E-state index in [0.717, 1.165) is 0 Å². The fraction of sp³-hybridized carbons (Fsp3) is 0.111. The predicted octanol–water partition coefficient (Wildman–Crippen LogP) is 0.265. The standard InChI is InChI=1S/C9H8O3.Ba.2H/c1-7(10)9(11)12-8-5-3-2-4-6-8;;;/h2-6H,1H3;;;. The molecule has 0 heterocycles. The van der Waals surface area contributed by atoms with E-state index in [9.17, 15) is 9.59 Å². The average molecular weight is 304 g/mol. The van der Waals surface area contributed by atoms with Gasteiger partial charge in [-0.15, -0.1) is 0 Å². The first-order valence-corrected chi connectivity index (χ1v) is 3.48. The Morgan fingerprint density at radius 1 is 1.15 bits per heavy atom. The van der Waals surface area contributed by atoms with Crippen LogP contribution in [0.25, 0.3) is 0 Å². The van der Waals surface area contributed by atoms with Crippen LogP contribution in [0.3, 0.4) is 0 Å². The second-order valence-electron chi connectivity index (χ2n) is 2.26. The van der Waals surface area contributed by atoms with Gasteiger partial charge in [0.15, 0.2) is 0 Å². The summed E-state index contributed by atoms with van der Waals surface area (Å²) in [5, 5.41) is 0. The minimum absolute atomic E-state index is 0. The van der Waals surface area contributed by atoms with Gasteiger partial charge in [0, 0.05) is 6.92 Å². The molecule has 4 heteroatoms. The number of hydrogen-bond donors (Lipinski definition) is 0. The summed E-state index contributed by atoms with van der Waals surface area (Å²) in [6, 6.07) is 8.47. The Labute approximate surface area is 117 Å². The van der Waals surface area contributed by atoms with Crippen LogP contribution in [0.5, 0.6) is 5.75 Å². The van der Waals surface area contributed by atoms with Crippen LogP contribution >= 0.6 is 0 Å². The van der Waals surface area contributed by atoms with Crippen molar-refractivity contribution < 1.29 is 14.3 Å². The molecule has 0 spiro atoms. The van der Waals surface area contributed by atoms with E-state index in [-0.39, 0.29) is 48.9 Å². The van der Waals surface area contributed by atoms with E-state index in [1.165, 1.54) is 6.92 Å². The average Bonchev–Trinajstić information content (AvgIpc) is 2.06. The zero-order valence-electron chi connectivity index (χ0n) is 6.61. The van der Waals surface area contributed by atoms with Gasteiger partial charge < -0.3 is 4.74 Å². The van der Waals surface area contributed by atoms with E-state index in [0.29, 0.717) is 5.75 Å². The van der Waals surface area contributed by atoms with Gasteiger partial charge in [-0.1, -0.05) is 18.2 Å². The number of carbonyl (C=O) groups excluding carboxylic acids is 2. The number of para-hydroxylation sites is 1. The molecule has 0 radical (unpaired) electrons. The van der Waals surface area contributed by atoms with Crippen LogP contribution in [-0.4, -0.2) is 60.6 Å². The van der Waals surface area contributed by atoms with Gasteiger partial charge in [-0.25, -0.2) is 4.79 Å². The van der Waals surface area contributed by atoms with E-state index in [1.807, 2.05) is 0 Å². The molecule has 13 heavy (non-hydrogen) atoms. The van der Waals surface area contributed by atoms with Crippen molar-refractivity contribution in [3.8, 4) is 5.75 Å². The number of ketones is 1. The second-order valence-corrected chi connectivity index (χ2v) is 2.26. The van der Waals surface area contributed by atoms with Gasteiger partial charge >= 0.3 is 54.9 Å². The number of hydrogen-bond acceptors (Lipinski definition) is 3. The number of ether oxygens (including phenoxy) is 1. The first-order valence-electron chi connectivity index (χ1n) is 3.48. The van der Waals surface area contributed by atoms with Crippen molar-refractivity contribution in [2.75, 3.05) is 0 Å². The van der Waals surface area contributed by atoms with E-state index < -0.39 is 11.8 Å². The Morgan fingerprint density at radius 2 is 1.69 bits per heavy atom. The van der Waals surface area contributed by atoms with Gasteiger partial charge in [0.25, 0.3) is 0 Å². The molecule has 0 saturated heterocycles. The molecule has 1 rings (SSSR count). The number of rotatable bonds is 2. The third-order valence-electron chi connectivity index (χ3n) is 1.24. The Morgan fingerprint density at radius 3 is 2.15 bits per heavy atom. The van der Waals surface area contributed by atoms with Gasteiger partial charge in [-0.3, -0.25) is 4.79 Å². The fourth-order valence-corrected chi connectivity index (χ4v) is 0.667. The van der Waals surface area contributed by atoms with Crippen molar-refractivity contribution in [1.82, 2.24) is 0 Å². The quantitative estimate of drug-likeness (QED) is 0.341. The molecule has 0 bridgehead atoms. The summed E-state index contributed by atoms with van der Waals surface area (Å²) in [5.74, 6) is -1.04. The van der Waals surface area contributed by atoms with E-state index in [1.54, 1.807) is 30.3 Å². The molecule has 0 aromatic heterocycles.